The number of carbonyl (C=O) groups is 2. The summed E-state index contributed by atoms with van der Waals surface area (Å²) in [6.45, 7) is 0.933. The number of benzene rings is 1. The first kappa shape index (κ1) is 13.3. The molecule has 1 rings (SSSR count). The van der Waals surface area contributed by atoms with Crippen molar-refractivity contribution in [3.63, 3.8) is 0 Å². The van der Waals surface area contributed by atoms with Gasteiger partial charge in [-0.05, 0) is 18.9 Å². The molecular formula is C12H15NO4. The maximum atomic E-state index is 11.7. The summed E-state index contributed by atoms with van der Waals surface area (Å²) in [5.74, 6) is -2.49. The molecule has 17 heavy (non-hydrogen) atoms. The molecule has 0 aliphatic rings. The first-order valence-corrected chi connectivity index (χ1v) is 5.15. The molecule has 4 N–H and O–H groups in total. The lowest BCUT2D eigenvalue weighted by Crippen LogP contribution is -2.52. The Labute approximate surface area is 98.9 Å². The Morgan fingerprint density at radius 3 is 2.35 bits per heavy atom. The molecule has 2 atom stereocenters. The minimum atomic E-state index is -2.44. The molecule has 5 nitrogen and oxygen atoms in total. The van der Waals surface area contributed by atoms with Crippen molar-refractivity contribution in [1.29, 1.82) is 0 Å². The number of aliphatic carboxylic acids is 1. The molecule has 0 saturated heterocycles. The van der Waals surface area contributed by atoms with Crippen LogP contribution in [0.4, 0.5) is 0 Å². The molecule has 0 amide bonds. The zero-order valence-corrected chi connectivity index (χ0v) is 9.46. The van der Waals surface area contributed by atoms with Crippen molar-refractivity contribution < 1.29 is 19.8 Å². The summed E-state index contributed by atoms with van der Waals surface area (Å²) < 4.78 is 0. The maximum Gasteiger partial charge on any atom is 0.343 e. The Bertz CT molecular complexity index is 414. The van der Waals surface area contributed by atoms with E-state index in [2.05, 4.69) is 0 Å². The quantitative estimate of drug-likeness (QED) is 0.624. The lowest BCUT2D eigenvalue weighted by molar-refractivity contribution is -0.163. The molecule has 0 aliphatic carbocycles. The van der Waals surface area contributed by atoms with E-state index >= 15 is 0 Å². The van der Waals surface area contributed by atoms with Gasteiger partial charge in [0.15, 0.2) is 5.78 Å². The van der Waals surface area contributed by atoms with Crippen molar-refractivity contribution in [2.24, 2.45) is 5.73 Å². The number of carboxylic acid groups (broad SMARTS) is 1. The van der Waals surface area contributed by atoms with Gasteiger partial charge in [0, 0.05) is 0 Å². The number of carboxylic acids is 1. The summed E-state index contributed by atoms with van der Waals surface area (Å²) in [5.41, 5.74) is 3.98. The highest BCUT2D eigenvalue weighted by atomic mass is 16.4. The molecule has 0 fully saturated rings. The smallest absolute Gasteiger partial charge is 0.343 e. The molecule has 0 bridgehead atoms. The Morgan fingerprint density at radius 1 is 1.35 bits per heavy atom. The molecule has 0 spiro atoms. The van der Waals surface area contributed by atoms with Crippen LogP contribution in [0, 0.1) is 0 Å². The molecule has 1 aromatic carbocycles. The lowest BCUT2D eigenvalue weighted by Gasteiger charge is -2.20. The van der Waals surface area contributed by atoms with E-state index in [9.17, 15) is 14.7 Å². The van der Waals surface area contributed by atoms with Crippen molar-refractivity contribution in [2.75, 3.05) is 0 Å². The topological polar surface area (TPSA) is 101 Å². The zero-order valence-electron chi connectivity index (χ0n) is 9.46. The average molecular weight is 237 g/mol. The number of hydrogen-bond acceptors (Lipinski definition) is 4. The second-order valence-electron chi connectivity index (χ2n) is 4.04. The standard InChI is InChI=1S/C12H15NO4/c1-12(17,11(15)16)10(14)9(13)7-8-5-3-2-4-6-8/h2-6,9,17H,7,13H2,1H3,(H,15,16)/t9-,12+/m0/s1. The Balaban J connectivity index is 2.75. The third kappa shape index (κ3) is 3.12. The fourth-order valence-electron chi connectivity index (χ4n) is 1.43. The van der Waals surface area contributed by atoms with Gasteiger partial charge in [-0.15, -0.1) is 0 Å². The van der Waals surface area contributed by atoms with Crippen molar-refractivity contribution >= 4 is 11.8 Å². The van der Waals surface area contributed by atoms with Crippen molar-refractivity contribution in [3.05, 3.63) is 35.9 Å². The van der Waals surface area contributed by atoms with Gasteiger partial charge >= 0.3 is 5.97 Å². The van der Waals surface area contributed by atoms with E-state index in [0.717, 1.165) is 12.5 Å². The molecule has 0 aromatic heterocycles. The summed E-state index contributed by atoms with van der Waals surface area (Å²) in [4.78, 5) is 22.3. The highest BCUT2D eigenvalue weighted by Crippen LogP contribution is 2.11. The number of nitrogens with two attached hydrogens (primary N) is 1. The molecule has 1 aromatic rings. The third-order valence-electron chi connectivity index (χ3n) is 2.53. The molecule has 0 heterocycles. The first-order chi connectivity index (χ1) is 7.85. The van der Waals surface area contributed by atoms with E-state index in [0.29, 0.717) is 0 Å². The predicted octanol–water partition coefficient (Wildman–Crippen LogP) is -0.0389. The molecule has 0 saturated carbocycles. The normalized spacial score (nSPS) is 15.9. The van der Waals surface area contributed by atoms with Crippen LogP contribution in [0.2, 0.25) is 0 Å². The first-order valence-electron chi connectivity index (χ1n) is 5.15. The SMILES string of the molecule is C[C@](O)(C(=O)O)C(=O)[C@@H](N)Cc1ccccc1. The van der Waals surface area contributed by atoms with Crippen LogP contribution in [0.5, 0.6) is 0 Å². The molecular weight excluding hydrogens is 222 g/mol. The molecule has 92 valence electrons. The summed E-state index contributed by atoms with van der Waals surface area (Å²) in [6, 6.07) is 7.93. The van der Waals surface area contributed by atoms with Crippen LogP contribution in [0.1, 0.15) is 12.5 Å². The number of aliphatic hydroxyl groups is 1. The number of Topliss-reactive ketones (excluding diaryl/α,β-unsaturated/α-hetero) is 1. The average Bonchev–Trinajstić information content (AvgIpc) is 2.29. The lowest BCUT2D eigenvalue weighted by atomic mass is 9.92. The number of rotatable bonds is 5. The van der Waals surface area contributed by atoms with Crippen molar-refractivity contribution in [2.45, 2.75) is 25.0 Å². The zero-order chi connectivity index (χ0) is 13.1. The van der Waals surface area contributed by atoms with Gasteiger partial charge in [0.1, 0.15) is 0 Å². The number of carbonyl (C=O) groups excluding carboxylic acids is 1. The summed E-state index contributed by atoms with van der Waals surface area (Å²) >= 11 is 0. The second-order valence-corrected chi connectivity index (χ2v) is 4.04. The molecule has 0 radical (unpaired) electrons. The summed E-state index contributed by atoms with van der Waals surface area (Å²) in [7, 11) is 0. The van der Waals surface area contributed by atoms with E-state index in [1.54, 1.807) is 24.3 Å². The van der Waals surface area contributed by atoms with Gasteiger partial charge in [-0.2, -0.15) is 0 Å². The van der Waals surface area contributed by atoms with E-state index in [-0.39, 0.29) is 6.42 Å². The van der Waals surface area contributed by atoms with Gasteiger partial charge in [-0.25, -0.2) is 4.79 Å². The van der Waals surface area contributed by atoms with E-state index in [1.165, 1.54) is 0 Å². The number of hydrogen-bond donors (Lipinski definition) is 3. The Morgan fingerprint density at radius 2 is 1.88 bits per heavy atom. The Hall–Kier alpha value is -1.72. The van der Waals surface area contributed by atoms with Gasteiger partial charge < -0.3 is 15.9 Å². The van der Waals surface area contributed by atoms with Crippen molar-refractivity contribution in [3.8, 4) is 0 Å². The van der Waals surface area contributed by atoms with Gasteiger partial charge in [0.25, 0.3) is 0 Å². The van der Waals surface area contributed by atoms with Crippen molar-refractivity contribution in [1.82, 2.24) is 0 Å². The second kappa shape index (κ2) is 5.07. The van der Waals surface area contributed by atoms with E-state index in [4.69, 9.17) is 10.8 Å². The summed E-state index contributed by atoms with van der Waals surface area (Å²) in [6.07, 6.45) is 0.198. The van der Waals surface area contributed by atoms with Gasteiger partial charge in [0.05, 0.1) is 6.04 Å². The van der Waals surface area contributed by atoms with Crippen LogP contribution < -0.4 is 5.73 Å². The van der Waals surface area contributed by atoms with Crippen LogP contribution in [-0.2, 0) is 16.0 Å². The maximum absolute atomic E-state index is 11.7. The van der Waals surface area contributed by atoms with E-state index in [1.807, 2.05) is 6.07 Å². The predicted molar refractivity (Wildman–Crippen MR) is 61.4 cm³/mol. The van der Waals surface area contributed by atoms with Crippen LogP contribution in [0.15, 0.2) is 30.3 Å². The highest BCUT2D eigenvalue weighted by Gasteiger charge is 2.41. The fraction of sp³-hybridized carbons (Fsp3) is 0.333. The van der Waals surface area contributed by atoms with E-state index < -0.39 is 23.4 Å². The minimum Gasteiger partial charge on any atom is -0.479 e. The molecule has 0 aliphatic heterocycles. The largest absolute Gasteiger partial charge is 0.479 e. The van der Waals surface area contributed by atoms with Gasteiger partial charge in [-0.3, -0.25) is 4.79 Å². The fourth-order valence-corrected chi connectivity index (χ4v) is 1.43. The summed E-state index contributed by atoms with van der Waals surface area (Å²) in [5, 5.41) is 18.2. The van der Waals surface area contributed by atoms with Crippen LogP contribution >= 0.6 is 0 Å². The van der Waals surface area contributed by atoms with Gasteiger partial charge in [0.2, 0.25) is 5.60 Å². The van der Waals surface area contributed by atoms with Gasteiger partial charge in [-0.1, -0.05) is 30.3 Å². The van der Waals surface area contributed by atoms with Crippen LogP contribution in [-0.4, -0.2) is 33.6 Å². The third-order valence-corrected chi connectivity index (χ3v) is 2.53. The highest BCUT2D eigenvalue weighted by molar-refractivity contribution is 6.08. The molecule has 0 unspecified atom stereocenters. The van der Waals surface area contributed by atoms with Crippen LogP contribution in [0.25, 0.3) is 0 Å². The molecule has 5 heteroatoms. The van der Waals surface area contributed by atoms with Crippen LogP contribution in [0.3, 0.4) is 0 Å². The Kier molecular flexibility index (Phi) is 3.98. The number of ketones is 1. The monoisotopic (exact) mass is 237 g/mol. The minimum absolute atomic E-state index is 0.198.